The van der Waals surface area contributed by atoms with Crippen LogP contribution in [0.5, 0.6) is 0 Å². The van der Waals surface area contributed by atoms with E-state index < -0.39 is 0 Å². The highest BCUT2D eigenvalue weighted by atomic mass is 32.1. The zero-order valence-electron chi connectivity index (χ0n) is 12.9. The minimum atomic E-state index is 0.678. The second-order valence-corrected chi connectivity index (χ2v) is 7.54. The van der Waals surface area contributed by atoms with Gasteiger partial charge in [-0.1, -0.05) is 30.3 Å². The van der Waals surface area contributed by atoms with Crippen molar-refractivity contribution in [2.24, 2.45) is 0 Å². The fourth-order valence-electron chi connectivity index (χ4n) is 3.26. The SMILES string of the molecule is c1ccc(-c2ncc(CNC3CCN(C4CC4)CC3)s2)cc1. The van der Waals surface area contributed by atoms with Crippen molar-refractivity contribution in [3.05, 3.63) is 41.4 Å². The highest BCUT2D eigenvalue weighted by Gasteiger charge is 2.31. The average molecular weight is 313 g/mol. The van der Waals surface area contributed by atoms with E-state index in [4.69, 9.17) is 0 Å². The number of hydrogen-bond donors (Lipinski definition) is 1. The third-order valence-corrected chi connectivity index (χ3v) is 5.78. The van der Waals surface area contributed by atoms with Gasteiger partial charge in [-0.25, -0.2) is 4.98 Å². The Balaban J connectivity index is 1.28. The highest BCUT2D eigenvalue weighted by molar-refractivity contribution is 7.15. The van der Waals surface area contributed by atoms with Gasteiger partial charge in [-0.3, -0.25) is 0 Å². The maximum absolute atomic E-state index is 4.56. The molecule has 116 valence electrons. The summed E-state index contributed by atoms with van der Waals surface area (Å²) in [4.78, 5) is 8.58. The van der Waals surface area contributed by atoms with E-state index in [0.717, 1.165) is 17.6 Å². The van der Waals surface area contributed by atoms with Gasteiger partial charge in [0, 0.05) is 35.3 Å². The summed E-state index contributed by atoms with van der Waals surface area (Å²) in [6.07, 6.45) is 7.48. The van der Waals surface area contributed by atoms with Crippen molar-refractivity contribution in [1.29, 1.82) is 0 Å². The van der Waals surface area contributed by atoms with Crippen molar-refractivity contribution in [2.45, 2.75) is 44.3 Å². The molecule has 0 radical (unpaired) electrons. The molecule has 0 bridgehead atoms. The van der Waals surface area contributed by atoms with E-state index in [2.05, 4.69) is 39.5 Å². The van der Waals surface area contributed by atoms with Gasteiger partial charge >= 0.3 is 0 Å². The Kier molecular flexibility index (Phi) is 4.24. The molecule has 22 heavy (non-hydrogen) atoms. The van der Waals surface area contributed by atoms with E-state index in [0.29, 0.717) is 6.04 Å². The van der Waals surface area contributed by atoms with Gasteiger partial charge in [-0.2, -0.15) is 0 Å². The second kappa shape index (κ2) is 6.49. The first-order valence-corrected chi connectivity index (χ1v) is 9.18. The van der Waals surface area contributed by atoms with Crippen LogP contribution in [0.2, 0.25) is 0 Å². The minimum Gasteiger partial charge on any atom is -0.309 e. The minimum absolute atomic E-state index is 0.678. The fourth-order valence-corrected chi connectivity index (χ4v) is 4.13. The Morgan fingerprint density at radius 2 is 1.86 bits per heavy atom. The molecule has 1 aromatic carbocycles. The van der Waals surface area contributed by atoms with E-state index in [1.54, 1.807) is 11.3 Å². The van der Waals surface area contributed by atoms with Crippen LogP contribution in [0.1, 0.15) is 30.6 Å². The normalized spacial score (nSPS) is 20.4. The Bertz CT molecular complexity index is 598. The molecule has 0 unspecified atom stereocenters. The van der Waals surface area contributed by atoms with Gasteiger partial charge in [0.15, 0.2) is 0 Å². The van der Waals surface area contributed by atoms with E-state index in [1.165, 1.54) is 49.2 Å². The van der Waals surface area contributed by atoms with Crippen molar-refractivity contribution < 1.29 is 0 Å². The number of piperidine rings is 1. The largest absolute Gasteiger partial charge is 0.309 e. The molecule has 1 aliphatic carbocycles. The van der Waals surface area contributed by atoms with Crippen LogP contribution in [0.15, 0.2) is 36.5 Å². The Morgan fingerprint density at radius 1 is 1.09 bits per heavy atom. The molecule has 4 heteroatoms. The molecule has 3 nitrogen and oxygen atoms in total. The summed E-state index contributed by atoms with van der Waals surface area (Å²) in [5.41, 5.74) is 1.22. The van der Waals surface area contributed by atoms with Gasteiger partial charge in [-0.05, 0) is 38.8 Å². The molecule has 4 rings (SSSR count). The third kappa shape index (κ3) is 3.40. The summed E-state index contributed by atoms with van der Waals surface area (Å²) < 4.78 is 0. The lowest BCUT2D eigenvalue weighted by Crippen LogP contribution is -2.42. The van der Waals surface area contributed by atoms with Crippen LogP contribution >= 0.6 is 11.3 Å². The molecule has 0 atom stereocenters. The van der Waals surface area contributed by atoms with Crippen LogP contribution in [-0.2, 0) is 6.54 Å². The number of hydrogen-bond acceptors (Lipinski definition) is 4. The number of benzene rings is 1. The standard InChI is InChI=1S/C18H23N3S/c1-2-4-14(5-3-1)18-20-13-17(22-18)12-19-15-8-10-21(11-9-15)16-6-7-16/h1-5,13,15-16,19H,6-12H2. The molecule has 1 aromatic heterocycles. The Labute approximate surface area is 136 Å². The van der Waals surface area contributed by atoms with Crippen LogP contribution in [0.4, 0.5) is 0 Å². The highest BCUT2D eigenvalue weighted by Crippen LogP contribution is 2.29. The van der Waals surface area contributed by atoms with Crippen molar-refractivity contribution in [3.8, 4) is 10.6 Å². The topological polar surface area (TPSA) is 28.2 Å². The van der Waals surface area contributed by atoms with Gasteiger partial charge in [0.05, 0.1) is 0 Å². The maximum atomic E-state index is 4.56. The van der Waals surface area contributed by atoms with Crippen LogP contribution in [0, 0.1) is 0 Å². The molecule has 2 aromatic rings. The molecule has 0 amide bonds. The molecule has 1 N–H and O–H groups in total. The smallest absolute Gasteiger partial charge is 0.123 e. The van der Waals surface area contributed by atoms with Crippen molar-refractivity contribution in [1.82, 2.24) is 15.2 Å². The van der Waals surface area contributed by atoms with Gasteiger partial charge in [0.2, 0.25) is 0 Å². The summed E-state index contributed by atoms with van der Waals surface area (Å²) in [6, 6.07) is 12.1. The summed E-state index contributed by atoms with van der Waals surface area (Å²) in [6.45, 7) is 3.51. The first-order chi connectivity index (χ1) is 10.9. The number of rotatable bonds is 5. The summed E-state index contributed by atoms with van der Waals surface area (Å²) in [7, 11) is 0. The van der Waals surface area contributed by atoms with Gasteiger partial charge < -0.3 is 10.2 Å². The van der Waals surface area contributed by atoms with E-state index in [1.807, 2.05) is 12.3 Å². The lowest BCUT2D eigenvalue weighted by Gasteiger charge is -2.32. The van der Waals surface area contributed by atoms with Crippen LogP contribution in [0.25, 0.3) is 10.6 Å². The summed E-state index contributed by atoms with van der Waals surface area (Å²) in [5.74, 6) is 0. The zero-order valence-corrected chi connectivity index (χ0v) is 13.7. The molecule has 1 saturated heterocycles. The molecule has 1 saturated carbocycles. The van der Waals surface area contributed by atoms with Gasteiger partial charge in [0.25, 0.3) is 0 Å². The summed E-state index contributed by atoms with van der Waals surface area (Å²) in [5, 5.41) is 4.85. The fraction of sp³-hybridized carbons (Fsp3) is 0.500. The third-order valence-electron chi connectivity index (χ3n) is 4.73. The average Bonchev–Trinajstić information content (AvgIpc) is 3.32. The summed E-state index contributed by atoms with van der Waals surface area (Å²) >= 11 is 1.81. The number of nitrogens with zero attached hydrogens (tertiary/aromatic N) is 2. The zero-order chi connectivity index (χ0) is 14.8. The molecule has 2 aliphatic rings. The van der Waals surface area contributed by atoms with Crippen LogP contribution in [0.3, 0.4) is 0 Å². The van der Waals surface area contributed by atoms with E-state index >= 15 is 0 Å². The van der Waals surface area contributed by atoms with Crippen molar-refractivity contribution in [2.75, 3.05) is 13.1 Å². The number of likely N-dealkylation sites (tertiary alicyclic amines) is 1. The molecular formula is C18H23N3S. The van der Waals surface area contributed by atoms with Crippen molar-refractivity contribution >= 4 is 11.3 Å². The lowest BCUT2D eigenvalue weighted by molar-refractivity contribution is 0.189. The maximum Gasteiger partial charge on any atom is 0.123 e. The number of aromatic nitrogens is 1. The predicted molar refractivity (Wildman–Crippen MR) is 92.0 cm³/mol. The monoisotopic (exact) mass is 313 g/mol. The quantitative estimate of drug-likeness (QED) is 0.915. The Morgan fingerprint density at radius 3 is 2.59 bits per heavy atom. The van der Waals surface area contributed by atoms with E-state index in [-0.39, 0.29) is 0 Å². The number of nitrogens with one attached hydrogen (secondary N) is 1. The molecule has 1 aliphatic heterocycles. The number of thiazole rings is 1. The van der Waals surface area contributed by atoms with Gasteiger partial charge in [0.1, 0.15) is 5.01 Å². The second-order valence-electron chi connectivity index (χ2n) is 6.42. The molecular weight excluding hydrogens is 290 g/mol. The molecule has 0 spiro atoms. The first-order valence-electron chi connectivity index (χ1n) is 8.36. The molecule has 2 heterocycles. The van der Waals surface area contributed by atoms with Crippen LogP contribution in [-0.4, -0.2) is 35.1 Å². The molecule has 2 fully saturated rings. The predicted octanol–water partition coefficient (Wildman–Crippen LogP) is 3.53. The van der Waals surface area contributed by atoms with E-state index in [9.17, 15) is 0 Å². The lowest BCUT2D eigenvalue weighted by atomic mass is 10.0. The van der Waals surface area contributed by atoms with Crippen molar-refractivity contribution in [3.63, 3.8) is 0 Å². The Hall–Kier alpha value is -1.23. The van der Waals surface area contributed by atoms with Crippen LogP contribution < -0.4 is 5.32 Å². The first kappa shape index (κ1) is 14.4. The van der Waals surface area contributed by atoms with Gasteiger partial charge in [-0.15, -0.1) is 11.3 Å².